The van der Waals surface area contributed by atoms with Gasteiger partial charge in [0.2, 0.25) is 12.3 Å². The number of aryl methyl sites for hydroxylation is 1. The number of imidazole rings is 1. The van der Waals surface area contributed by atoms with Crippen molar-refractivity contribution in [3.8, 4) is 6.07 Å². The molecule has 1 fully saturated rings. The van der Waals surface area contributed by atoms with E-state index in [2.05, 4.69) is 38.8 Å². The molecule has 2 heterocycles. The number of piperidine rings is 1. The molecule has 4 rings (SSSR count). The fourth-order valence-electron chi connectivity index (χ4n) is 5.24. The summed E-state index contributed by atoms with van der Waals surface area (Å²) in [6.07, 6.45) is 10.6. The molecular weight excluding hydrogens is 556 g/mol. The Morgan fingerprint density at radius 3 is 2.45 bits per heavy atom. The van der Waals surface area contributed by atoms with Crippen molar-refractivity contribution in [3.05, 3.63) is 53.1 Å². The van der Waals surface area contributed by atoms with Crippen LogP contribution in [0.25, 0.3) is 5.57 Å². The van der Waals surface area contributed by atoms with E-state index in [1.807, 2.05) is 58.6 Å². The van der Waals surface area contributed by atoms with E-state index in [0.717, 1.165) is 49.2 Å². The summed E-state index contributed by atoms with van der Waals surface area (Å²) in [5.41, 5.74) is 4.53. The Hall–Kier alpha value is -4.13. The molecule has 1 aromatic carbocycles. The van der Waals surface area contributed by atoms with Gasteiger partial charge < -0.3 is 25.3 Å². The van der Waals surface area contributed by atoms with Gasteiger partial charge in [-0.2, -0.15) is 5.26 Å². The maximum Gasteiger partial charge on any atom is 0.407 e. The molecule has 0 bridgehead atoms. The second-order valence-corrected chi connectivity index (χ2v) is 11.9. The van der Waals surface area contributed by atoms with Gasteiger partial charge >= 0.3 is 6.09 Å². The number of nitriles is 1. The molecule has 2 aliphatic rings. The maximum atomic E-state index is 12.8. The second kappa shape index (κ2) is 17.9. The highest BCUT2D eigenvalue weighted by Crippen LogP contribution is 2.36. The van der Waals surface area contributed by atoms with E-state index in [4.69, 9.17) is 10.00 Å². The first-order valence-electron chi connectivity index (χ1n) is 15.7. The van der Waals surface area contributed by atoms with Crippen LogP contribution in [0.4, 0.5) is 10.5 Å². The monoisotopic (exact) mass is 606 g/mol. The number of rotatable bonds is 7. The van der Waals surface area contributed by atoms with E-state index < -0.39 is 11.7 Å². The molecule has 1 unspecified atom stereocenters. The number of benzene rings is 1. The molecule has 0 radical (unpaired) electrons. The fraction of sp³-hybridized carbons (Fsp3) is 0.559. The van der Waals surface area contributed by atoms with Crippen molar-refractivity contribution >= 4 is 29.7 Å². The Morgan fingerprint density at radius 2 is 1.93 bits per heavy atom. The standard InChI is InChI=1S/C27H39N3O4.C5H5N3.C2H6/c1-19(29-26(33)34-27(2,3)4)16-25(32)30-14-12-20(13-15-30)22-10-11-24(28-18-31)23(17-22)21-8-6-5-7-9-21;1-4-7-3-5(2-6)8-4;1-2/h8,10-11,17-20H,5-7,9,12-16H2,1-4H3,(H,28,31)(H,29,33);3H,1H3,(H,7,8);1-2H3. The Bertz CT molecular complexity index is 1300. The largest absolute Gasteiger partial charge is 0.444 e. The summed E-state index contributed by atoms with van der Waals surface area (Å²) in [6.45, 7) is 14.5. The third-order valence-electron chi connectivity index (χ3n) is 7.28. The van der Waals surface area contributed by atoms with Crippen LogP contribution < -0.4 is 10.6 Å². The number of nitrogens with zero attached hydrogens (tertiary/aromatic N) is 3. The van der Waals surface area contributed by atoms with Crippen LogP contribution in [0.5, 0.6) is 0 Å². The Labute approximate surface area is 262 Å². The third kappa shape index (κ3) is 11.9. The van der Waals surface area contributed by atoms with Crippen molar-refractivity contribution in [3.63, 3.8) is 0 Å². The number of carbonyl (C=O) groups is 3. The number of aromatic amines is 1. The minimum Gasteiger partial charge on any atom is -0.444 e. The van der Waals surface area contributed by atoms with Gasteiger partial charge in [0.25, 0.3) is 0 Å². The molecule has 1 atom stereocenters. The van der Waals surface area contributed by atoms with E-state index in [0.29, 0.717) is 24.7 Å². The molecule has 44 heavy (non-hydrogen) atoms. The number of aromatic nitrogens is 2. The molecule has 0 spiro atoms. The Morgan fingerprint density at radius 1 is 1.23 bits per heavy atom. The lowest BCUT2D eigenvalue weighted by Crippen LogP contribution is -2.43. The molecule has 3 N–H and O–H groups in total. The summed E-state index contributed by atoms with van der Waals surface area (Å²) in [6, 6.07) is 7.99. The summed E-state index contributed by atoms with van der Waals surface area (Å²) >= 11 is 0. The maximum absolute atomic E-state index is 12.8. The number of alkyl carbamates (subject to hydrolysis) is 1. The van der Waals surface area contributed by atoms with Crippen molar-refractivity contribution in [2.75, 3.05) is 18.4 Å². The summed E-state index contributed by atoms with van der Waals surface area (Å²) in [5.74, 6) is 1.22. The van der Waals surface area contributed by atoms with Crippen molar-refractivity contribution < 1.29 is 19.1 Å². The first kappa shape index (κ1) is 36.1. The zero-order valence-corrected chi connectivity index (χ0v) is 27.5. The highest BCUT2D eigenvalue weighted by Gasteiger charge is 2.26. The van der Waals surface area contributed by atoms with Crippen molar-refractivity contribution in [2.24, 2.45) is 0 Å². The predicted octanol–water partition coefficient (Wildman–Crippen LogP) is 6.84. The summed E-state index contributed by atoms with van der Waals surface area (Å²) in [7, 11) is 0. The lowest BCUT2D eigenvalue weighted by Gasteiger charge is -2.33. The van der Waals surface area contributed by atoms with Gasteiger partial charge in [-0.3, -0.25) is 9.59 Å². The predicted molar refractivity (Wildman–Crippen MR) is 174 cm³/mol. The van der Waals surface area contributed by atoms with Gasteiger partial charge in [-0.25, -0.2) is 9.78 Å². The number of H-pyrrole nitrogens is 1. The lowest BCUT2D eigenvalue weighted by molar-refractivity contribution is -0.132. The smallest absolute Gasteiger partial charge is 0.407 e. The van der Waals surface area contributed by atoms with Crippen LogP contribution in [-0.2, 0) is 14.3 Å². The van der Waals surface area contributed by atoms with E-state index >= 15 is 0 Å². The second-order valence-electron chi connectivity index (χ2n) is 11.9. The molecule has 3 amide bonds. The number of amides is 3. The summed E-state index contributed by atoms with van der Waals surface area (Å²) in [4.78, 5) is 44.3. The van der Waals surface area contributed by atoms with E-state index in [1.54, 1.807) is 6.92 Å². The Kier molecular flexibility index (Phi) is 14.6. The van der Waals surface area contributed by atoms with Crippen molar-refractivity contribution in [1.29, 1.82) is 5.26 Å². The van der Waals surface area contributed by atoms with Gasteiger partial charge in [0.15, 0.2) is 0 Å². The number of likely N-dealkylation sites (tertiary alicyclic amines) is 1. The first-order chi connectivity index (χ1) is 21.0. The number of anilines is 1. The average molecular weight is 607 g/mol. The Balaban J connectivity index is 0.000000577. The van der Waals surface area contributed by atoms with E-state index in [9.17, 15) is 14.4 Å². The third-order valence-corrected chi connectivity index (χ3v) is 7.28. The van der Waals surface area contributed by atoms with Gasteiger partial charge in [-0.15, -0.1) is 0 Å². The molecule has 0 saturated carbocycles. The van der Waals surface area contributed by atoms with Gasteiger partial charge in [-0.05, 0) is 102 Å². The molecule has 240 valence electrons. The van der Waals surface area contributed by atoms with Gasteiger partial charge in [-0.1, -0.05) is 26.0 Å². The van der Waals surface area contributed by atoms with Crippen LogP contribution in [0, 0.1) is 18.3 Å². The minimum atomic E-state index is -0.565. The number of carbonyl (C=O) groups excluding carboxylic acids is 3. The molecule has 2 aromatic rings. The lowest BCUT2D eigenvalue weighted by atomic mass is 9.85. The first-order valence-corrected chi connectivity index (χ1v) is 15.7. The van der Waals surface area contributed by atoms with Crippen molar-refractivity contribution in [1.82, 2.24) is 20.2 Å². The average Bonchev–Trinajstić information content (AvgIpc) is 3.43. The van der Waals surface area contributed by atoms with Crippen LogP contribution in [0.3, 0.4) is 0 Å². The minimum absolute atomic E-state index is 0.0561. The number of hydrogen-bond donors (Lipinski definition) is 3. The van der Waals surface area contributed by atoms with Gasteiger partial charge in [0.05, 0.1) is 6.20 Å². The van der Waals surface area contributed by atoms with Crippen LogP contribution >= 0.6 is 0 Å². The summed E-state index contributed by atoms with van der Waals surface area (Å²) < 4.78 is 5.27. The number of nitrogens with one attached hydrogen (secondary N) is 3. The molecular formula is C34H50N6O4. The van der Waals surface area contributed by atoms with Crippen LogP contribution in [0.15, 0.2) is 30.5 Å². The topological polar surface area (TPSA) is 140 Å². The normalized spacial score (nSPS) is 15.6. The zero-order valence-electron chi connectivity index (χ0n) is 27.5. The van der Waals surface area contributed by atoms with Crippen LogP contribution in [0.2, 0.25) is 0 Å². The van der Waals surface area contributed by atoms with E-state index in [1.165, 1.54) is 30.2 Å². The summed E-state index contributed by atoms with van der Waals surface area (Å²) in [5, 5.41) is 13.8. The molecule has 10 nitrogen and oxygen atoms in total. The van der Waals surface area contributed by atoms with Crippen LogP contribution in [0.1, 0.15) is 115 Å². The molecule has 10 heteroatoms. The molecule has 1 saturated heterocycles. The molecule has 1 aromatic heterocycles. The number of ether oxygens (including phenoxy) is 1. The van der Waals surface area contributed by atoms with Gasteiger partial charge in [0.1, 0.15) is 23.2 Å². The molecule has 1 aliphatic heterocycles. The highest BCUT2D eigenvalue weighted by molar-refractivity contribution is 5.84. The van der Waals surface area contributed by atoms with Crippen LogP contribution in [-0.4, -0.2) is 58.0 Å². The fourth-order valence-corrected chi connectivity index (χ4v) is 5.24. The number of allylic oxidation sites excluding steroid dienone is 2. The molecule has 1 aliphatic carbocycles. The number of hydrogen-bond acceptors (Lipinski definition) is 6. The highest BCUT2D eigenvalue weighted by atomic mass is 16.6. The quantitative estimate of drug-likeness (QED) is 0.295. The van der Waals surface area contributed by atoms with E-state index in [-0.39, 0.29) is 18.4 Å². The van der Waals surface area contributed by atoms with Gasteiger partial charge in [0, 0.05) is 36.8 Å². The van der Waals surface area contributed by atoms with Crippen molar-refractivity contribution in [2.45, 2.75) is 111 Å². The SMILES string of the molecule is CC.CC(CC(=O)N1CCC(c2ccc(NC=O)c(C3=CCCCC3)c2)CC1)NC(=O)OC(C)(C)C.Cc1ncc(C#N)[nH]1. The zero-order chi connectivity index (χ0) is 32.7.